The number of carbonyl (C=O) groups excluding carboxylic acids is 1. The fourth-order valence-corrected chi connectivity index (χ4v) is 2.72. The Morgan fingerprint density at radius 2 is 2.00 bits per heavy atom. The normalized spacial score (nSPS) is 11.5. The van der Waals surface area contributed by atoms with Gasteiger partial charge in [-0.2, -0.15) is 10.1 Å². The SMILES string of the molecule is CC/C(=N\NC(=O)c1[nH+]c(Cl)c(Cl)c(N)c1Cl)c1cc(C)ccc1O. The number of aryl methyl sites for hydroxylation is 1. The molecule has 0 fully saturated rings. The fraction of sp³-hybridized carbons (Fsp3) is 0.188. The molecular weight excluding hydrogens is 387 g/mol. The molecule has 0 aliphatic heterocycles. The molecule has 0 unspecified atom stereocenters. The number of hydrogen-bond donors (Lipinski definition) is 3. The molecule has 0 atom stereocenters. The minimum absolute atomic E-state index is 0.00624. The Labute approximate surface area is 159 Å². The van der Waals surface area contributed by atoms with Gasteiger partial charge in [-0.25, -0.2) is 5.43 Å². The highest BCUT2D eigenvalue weighted by Gasteiger charge is 2.26. The zero-order valence-electron chi connectivity index (χ0n) is 13.5. The van der Waals surface area contributed by atoms with Crippen molar-refractivity contribution < 1.29 is 14.9 Å². The number of halogens is 3. The molecule has 0 bridgehead atoms. The quantitative estimate of drug-likeness (QED) is 0.413. The van der Waals surface area contributed by atoms with E-state index in [0.717, 1.165) is 5.56 Å². The predicted octanol–water partition coefficient (Wildman–Crippen LogP) is 3.60. The summed E-state index contributed by atoms with van der Waals surface area (Å²) in [6.07, 6.45) is 0.484. The molecule has 0 saturated carbocycles. The van der Waals surface area contributed by atoms with Gasteiger partial charge >= 0.3 is 5.91 Å². The first-order valence-corrected chi connectivity index (χ1v) is 8.41. The number of nitrogens with zero attached hydrogens (tertiary/aromatic N) is 1. The van der Waals surface area contributed by atoms with E-state index in [4.69, 9.17) is 40.5 Å². The highest BCUT2D eigenvalue weighted by Crippen LogP contribution is 2.32. The number of phenols is 1. The van der Waals surface area contributed by atoms with Crippen molar-refractivity contribution in [3.63, 3.8) is 0 Å². The number of aromatic amines is 1. The van der Waals surface area contributed by atoms with Gasteiger partial charge in [0.05, 0.1) is 11.4 Å². The maximum atomic E-state index is 12.3. The molecule has 2 aromatic rings. The van der Waals surface area contributed by atoms with Gasteiger partial charge in [0.25, 0.3) is 10.8 Å². The lowest BCUT2D eigenvalue weighted by Crippen LogP contribution is -2.29. The number of carbonyl (C=O) groups is 1. The second kappa shape index (κ2) is 7.91. The Morgan fingerprint density at radius 3 is 2.64 bits per heavy atom. The number of aromatic hydroxyl groups is 1. The van der Waals surface area contributed by atoms with Gasteiger partial charge in [0.1, 0.15) is 15.8 Å². The van der Waals surface area contributed by atoms with Crippen LogP contribution in [-0.2, 0) is 0 Å². The van der Waals surface area contributed by atoms with Crippen molar-refractivity contribution >= 4 is 52.1 Å². The van der Waals surface area contributed by atoms with E-state index >= 15 is 0 Å². The van der Waals surface area contributed by atoms with Gasteiger partial charge in [0.2, 0.25) is 0 Å². The molecule has 5 N–H and O–H groups in total. The van der Waals surface area contributed by atoms with Gasteiger partial charge < -0.3 is 10.8 Å². The van der Waals surface area contributed by atoms with Crippen LogP contribution in [0.2, 0.25) is 15.2 Å². The molecule has 1 amide bonds. The summed E-state index contributed by atoms with van der Waals surface area (Å²) in [6, 6.07) is 5.12. The molecule has 2 rings (SSSR count). The van der Waals surface area contributed by atoms with Gasteiger partial charge in [-0.15, -0.1) is 0 Å². The molecule has 9 heteroatoms. The van der Waals surface area contributed by atoms with E-state index in [1.807, 2.05) is 13.8 Å². The summed E-state index contributed by atoms with van der Waals surface area (Å²) in [5.74, 6) is -0.572. The van der Waals surface area contributed by atoms with E-state index in [1.54, 1.807) is 18.2 Å². The third-order valence-corrected chi connectivity index (χ3v) is 4.60. The second-order valence-electron chi connectivity index (χ2n) is 5.23. The van der Waals surface area contributed by atoms with Gasteiger partial charge in [-0.3, -0.25) is 4.79 Å². The summed E-state index contributed by atoms with van der Waals surface area (Å²) in [5.41, 5.74) is 10.00. The third kappa shape index (κ3) is 4.15. The van der Waals surface area contributed by atoms with E-state index in [2.05, 4.69) is 15.5 Å². The van der Waals surface area contributed by atoms with E-state index in [-0.39, 0.29) is 32.3 Å². The molecule has 25 heavy (non-hydrogen) atoms. The fourth-order valence-electron chi connectivity index (χ4n) is 2.11. The number of hydrazone groups is 1. The number of amides is 1. The molecule has 0 radical (unpaired) electrons. The van der Waals surface area contributed by atoms with Crippen molar-refractivity contribution in [2.24, 2.45) is 5.10 Å². The van der Waals surface area contributed by atoms with Crippen molar-refractivity contribution in [2.75, 3.05) is 5.73 Å². The average molecular weight is 403 g/mol. The first kappa shape index (κ1) is 19.3. The van der Waals surface area contributed by atoms with Crippen LogP contribution >= 0.6 is 34.8 Å². The molecule has 0 aliphatic carbocycles. The van der Waals surface area contributed by atoms with Gasteiger partial charge in [-0.05, 0) is 37.1 Å². The standard InChI is InChI=1S/C16H15Cl3N4O2/c1-3-9(8-6-7(2)4-5-10(8)24)22-23-16(25)14-11(17)13(20)12(18)15(19)21-14/h4-6,24H,3H2,1-2H3,(H2,20,21)(H,23,25)/p+1/b22-9+. The monoisotopic (exact) mass is 401 g/mol. The predicted molar refractivity (Wildman–Crippen MR) is 99.6 cm³/mol. The number of H-pyrrole nitrogens is 1. The largest absolute Gasteiger partial charge is 0.507 e. The second-order valence-corrected chi connectivity index (χ2v) is 6.36. The number of nitrogen functional groups attached to an aromatic ring is 1. The molecule has 0 saturated heterocycles. The van der Waals surface area contributed by atoms with E-state index in [1.165, 1.54) is 0 Å². The summed E-state index contributed by atoms with van der Waals surface area (Å²) in [4.78, 5) is 14.9. The summed E-state index contributed by atoms with van der Waals surface area (Å²) in [6.45, 7) is 3.74. The molecule has 6 nitrogen and oxygen atoms in total. The van der Waals surface area contributed by atoms with E-state index in [9.17, 15) is 9.90 Å². The minimum atomic E-state index is -0.645. The lowest BCUT2D eigenvalue weighted by Gasteiger charge is -2.08. The first-order valence-electron chi connectivity index (χ1n) is 7.28. The average Bonchev–Trinajstić information content (AvgIpc) is 2.59. The maximum Gasteiger partial charge on any atom is 0.337 e. The number of nitrogens with one attached hydrogen (secondary N) is 2. The Kier molecular flexibility index (Phi) is 6.11. The number of nitrogens with two attached hydrogens (primary N) is 1. The first-order chi connectivity index (χ1) is 11.8. The van der Waals surface area contributed by atoms with Crippen LogP contribution in [0.4, 0.5) is 5.69 Å². The molecule has 1 aromatic carbocycles. The Balaban J connectivity index is 2.34. The number of pyridine rings is 1. The highest BCUT2D eigenvalue weighted by atomic mass is 35.5. The molecule has 0 aliphatic rings. The van der Waals surface area contributed by atoms with Crippen molar-refractivity contribution in [1.82, 2.24) is 5.43 Å². The Morgan fingerprint density at radius 1 is 1.32 bits per heavy atom. The molecule has 1 heterocycles. The van der Waals surface area contributed by atoms with E-state index < -0.39 is 5.91 Å². The van der Waals surface area contributed by atoms with Crippen molar-refractivity contribution in [2.45, 2.75) is 20.3 Å². The lowest BCUT2D eigenvalue weighted by molar-refractivity contribution is -0.379. The minimum Gasteiger partial charge on any atom is -0.507 e. The number of phenolic OH excluding ortho intramolecular Hbond substituents is 1. The number of benzene rings is 1. The van der Waals surface area contributed by atoms with Crippen LogP contribution in [0.15, 0.2) is 23.3 Å². The van der Waals surface area contributed by atoms with Crippen LogP contribution in [-0.4, -0.2) is 16.7 Å². The zero-order valence-corrected chi connectivity index (χ0v) is 15.7. The summed E-state index contributed by atoms with van der Waals surface area (Å²) >= 11 is 17.8. The molecular formula is C16H16Cl3N4O2+. The topological polar surface area (TPSA) is 102 Å². The van der Waals surface area contributed by atoms with Crippen molar-refractivity contribution in [3.05, 3.63) is 50.2 Å². The van der Waals surface area contributed by atoms with Crippen LogP contribution in [0.5, 0.6) is 5.75 Å². The van der Waals surface area contributed by atoms with Gasteiger partial charge in [0.15, 0.2) is 0 Å². The zero-order chi connectivity index (χ0) is 18.7. The smallest absolute Gasteiger partial charge is 0.337 e. The highest BCUT2D eigenvalue weighted by molar-refractivity contribution is 6.45. The van der Waals surface area contributed by atoms with Crippen LogP contribution in [0.1, 0.15) is 35.0 Å². The van der Waals surface area contributed by atoms with Crippen LogP contribution in [0.25, 0.3) is 0 Å². The van der Waals surface area contributed by atoms with E-state index in [0.29, 0.717) is 17.7 Å². The summed E-state index contributed by atoms with van der Waals surface area (Å²) in [5, 5.41) is 14.0. The number of hydrogen-bond acceptors (Lipinski definition) is 4. The maximum absolute atomic E-state index is 12.3. The number of aromatic nitrogens is 1. The lowest BCUT2D eigenvalue weighted by atomic mass is 10.0. The Hall–Kier alpha value is -2.02. The molecule has 132 valence electrons. The van der Waals surface area contributed by atoms with Crippen LogP contribution in [0.3, 0.4) is 0 Å². The molecule has 0 spiro atoms. The van der Waals surface area contributed by atoms with Gasteiger partial charge in [-0.1, -0.05) is 41.8 Å². The van der Waals surface area contributed by atoms with Crippen LogP contribution in [0, 0.1) is 6.92 Å². The van der Waals surface area contributed by atoms with Gasteiger partial charge in [0, 0.05) is 5.56 Å². The van der Waals surface area contributed by atoms with Crippen molar-refractivity contribution in [1.29, 1.82) is 0 Å². The third-order valence-electron chi connectivity index (χ3n) is 3.44. The molecule has 1 aromatic heterocycles. The summed E-state index contributed by atoms with van der Waals surface area (Å²) < 4.78 is 0. The van der Waals surface area contributed by atoms with Crippen LogP contribution < -0.4 is 16.1 Å². The number of anilines is 1. The Bertz CT molecular complexity index is 869. The van der Waals surface area contributed by atoms with Crippen molar-refractivity contribution in [3.8, 4) is 5.75 Å². The number of rotatable bonds is 4. The summed E-state index contributed by atoms with van der Waals surface area (Å²) in [7, 11) is 0.